The first-order valence-electron chi connectivity index (χ1n) is 8.24. The Kier molecular flexibility index (Phi) is 5.38. The van der Waals surface area contributed by atoms with Crippen LogP contribution in [0.2, 0.25) is 0 Å². The molecule has 0 spiro atoms. The van der Waals surface area contributed by atoms with E-state index in [4.69, 9.17) is 4.74 Å². The third-order valence-electron chi connectivity index (χ3n) is 4.56. The molecule has 1 aliphatic heterocycles. The number of hydrogen-bond donors (Lipinski definition) is 1. The van der Waals surface area contributed by atoms with E-state index in [1.54, 1.807) is 13.2 Å². The number of ether oxygens (including phenoxy) is 1. The molecular formula is C16H23FN4O3S. The number of H-pyrrole nitrogens is 1. The fourth-order valence-corrected chi connectivity index (χ4v) is 4.49. The minimum Gasteiger partial charge on any atom is -0.384 e. The number of nitrogens with zero attached hydrogens (tertiary/aromatic N) is 3. The average Bonchev–Trinajstić information content (AvgIpc) is 2.97. The van der Waals surface area contributed by atoms with Crippen LogP contribution in [-0.2, 0) is 21.5 Å². The minimum atomic E-state index is -3.55. The normalized spacial score (nSPS) is 17.6. The van der Waals surface area contributed by atoms with Gasteiger partial charge in [-0.25, -0.2) is 9.37 Å². The first-order chi connectivity index (χ1) is 11.9. The van der Waals surface area contributed by atoms with E-state index in [9.17, 15) is 12.8 Å². The summed E-state index contributed by atoms with van der Waals surface area (Å²) in [6.45, 7) is 1.76. The molecule has 0 radical (unpaired) electrons. The van der Waals surface area contributed by atoms with E-state index in [0.29, 0.717) is 42.5 Å². The van der Waals surface area contributed by atoms with Crippen molar-refractivity contribution in [3.05, 3.63) is 29.8 Å². The van der Waals surface area contributed by atoms with Crippen LogP contribution in [-0.4, -0.2) is 60.9 Å². The second kappa shape index (κ2) is 7.36. The third-order valence-corrected chi connectivity index (χ3v) is 6.50. The van der Waals surface area contributed by atoms with Crippen molar-refractivity contribution in [2.24, 2.45) is 5.92 Å². The van der Waals surface area contributed by atoms with Crippen molar-refractivity contribution in [2.75, 3.05) is 33.9 Å². The molecule has 0 aliphatic carbocycles. The van der Waals surface area contributed by atoms with Crippen molar-refractivity contribution in [1.29, 1.82) is 0 Å². The Bertz CT molecular complexity index is 831. The monoisotopic (exact) mass is 370 g/mol. The van der Waals surface area contributed by atoms with E-state index in [1.165, 1.54) is 27.8 Å². The van der Waals surface area contributed by atoms with Crippen LogP contribution in [0.1, 0.15) is 18.7 Å². The van der Waals surface area contributed by atoms with Crippen LogP contribution >= 0.6 is 0 Å². The van der Waals surface area contributed by atoms with Gasteiger partial charge < -0.3 is 9.72 Å². The zero-order chi connectivity index (χ0) is 18.0. The summed E-state index contributed by atoms with van der Waals surface area (Å²) in [6, 6.07) is 4.25. The number of benzene rings is 1. The van der Waals surface area contributed by atoms with Crippen molar-refractivity contribution < 1.29 is 17.5 Å². The number of piperidine rings is 1. The maximum Gasteiger partial charge on any atom is 0.282 e. The highest BCUT2D eigenvalue weighted by Gasteiger charge is 2.31. The number of aromatic amines is 1. The number of methoxy groups -OCH3 is 1. The number of halogens is 1. The van der Waals surface area contributed by atoms with Gasteiger partial charge in [0.05, 0.1) is 17.6 Å². The fraction of sp³-hybridized carbons (Fsp3) is 0.562. The van der Waals surface area contributed by atoms with Crippen molar-refractivity contribution in [3.8, 4) is 0 Å². The predicted molar refractivity (Wildman–Crippen MR) is 92.6 cm³/mol. The molecule has 9 heteroatoms. The Morgan fingerprint density at radius 1 is 1.40 bits per heavy atom. The SMILES string of the molecule is COCC1CCN(S(=O)(=O)N(C)Cc2nc3ccc(F)cc3[nH]2)CC1. The number of hydrogen-bond acceptors (Lipinski definition) is 4. The number of imidazole rings is 1. The second-order valence-corrected chi connectivity index (χ2v) is 8.44. The average molecular weight is 370 g/mol. The van der Waals surface area contributed by atoms with Gasteiger partial charge in [-0.05, 0) is 37.0 Å². The molecule has 7 nitrogen and oxygen atoms in total. The summed E-state index contributed by atoms with van der Waals surface area (Å²) in [6.07, 6.45) is 1.59. The van der Waals surface area contributed by atoms with Crippen molar-refractivity contribution in [2.45, 2.75) is 19.4 Å². The van der Waals surface area contributed by atoms with E-state index in [-0.39, 0.29) is 12.4 Å². The lowest BCUT2D eigenvalue weighted by molar-refractivity contribution is 0.120. The van der Waals surface area contributed by atoms with Crippen LogP contribution in [0.25, 0.3) is 11.0 Å². The zero-order valence-corrected chi connectivity index (χ0v) is 15.2. The molecule has 1 N–H and O–H groups in total. The molecule has 25 heavy (non-hydrogen) atoms. The van der Waals surface area contributed by atoms with E-state index < -0.39 is 10.2 Å². The van der Waals surface area contributed by atoms with Gasteiger partial charge in [-0.2, -0.15) is 17.0 Å². The molecule has 1 fully saturated rings. The summed E-state index contributed by atoms with van der Waals surface area (Å²) in [5.74, 6) is 0.538. The van der Waals surface area contributed by atoms with Gasteiger partial charge >= 0.3 is 0 Å². The molecule has 1 aromatic carbocycles. The Morgan fingerprint density at radius 3 is 2.80 bits per heavy atom. The van der Waals surface area contributed by atoms with E-state index in [0.717, 1.165) is 12.8 Å². The van der Waals surface area contributed by atoms with Crippen molar-refractivity contribution >= 4 is 21.2 Å². The predicted octanol–water partition coefficient (Wildman–Crippen LogP) is 1.74. The van der Waals surface area contributed by atoms with Gasteiger partial charge in [0.15, 0.2) is 0 Å². The van der Waals surface area contributed by atoms with Crippen LogP contribution in [0.15, 0.2) is 18.2 Å². The fourth-order valence-electron chi connectivity index (χ4n) is 3.14. The van der Waals surface area contributed by atoms with Gasteiger partial charge in [-0.15, -0.1) is 0 Å². The molecule has 3 rings (SSSR count). The number of aromatic nitrogens is 2. The summed E-state index contributed by atoms with van der Waals surface area (Å²) in [4.78, 5) is 7.30. The van der Waals surface area contributed by atoms with E-state index in [2.05, 4.69) is 9.97 Å². The molecule has 0 saturated carbocycles. The summed E-state index contributed by atoms with van der Waals surface area (Å²) >= 11 is 0. The molecule has 1 aromatic heterocycles. The molecular weight excluding hydrogens is 347 g/mol. The Hall–Kier alpha value is -1.55. The van der Waals surface area contributed by atoms with Gasteiger partial charge in [0.25, 0.3) is 10.2 Å². The standard InChI is InChI=1S/C16H23FN4O3S/c1-20(10-16-18-14-4-3-13(17)9-15(14)19-16)25(22,23)21-7-5-12(6-8-21)11-24-2/h3-4,9,12H,5-8,10-11H2,1-2H3,(H,18,19). The Morgan fingerprint density at radius 2 is 2.12 bits per heavy atom. The second-order valence-electron chi connectivity index (χ2n) is 6.41. The van der Waals surface area contributed by atoms with Crippen LogP contribution in [0.5, 0.6) is 0 Å². The lowest BCUT2D eigenvalue weighted by atomic mass is 9.99. The summed E-state index contributed by atoms with van der Waals surface area (Å²) < 4.78 is 46.7. The van der Waals surface area contributed by atoms with Gasteiger partial charge in [-0.3, -0.25) is 0 Å². The van der Waals surface area contributed by atoms with Gasteiger partial charge in [0.1, 0.15) is 11.6 Å². The maximum atomic E-state index is 13.3. The highest BCUT2D eigenvalue weighted by Crippen LogP contribution is 2.22. The maximum absolute atomic E-state index is 13.3. The van der Waals surface area contributed by atoms with Crippen LogP contribution in [0, 0.1) is 11.7 Å². The molecule has 2 aromatic rings. The lowest BCUT2D eigenvalue weighted by Gasteiger charge is -2.33. The quantitative estimate of drug-likeness (QED) is 0.840. The molecule has 2 heterocycles. The number of nitrogens with one attached hydrogen (secondary N) is 1. The van der Waals surface area contributed by atoms with E-state index in [1.807, 2.05) is 0 Å². The molecule has 1 saturated heterocycles. The first kappa shape index (κ1) is 18.2. The van der Waals surface area contributed by atoms with Crippen LogP contribution in [0.4, 0.5) is 4.39 Å². The first-order valence-corrected chi connectivity index (χ1v) is 9.64. The third kappa shape index (κ3) is 4.00. The zero-order valence-electron chi connectivity index (χ0n) is 14.4. The topological polar surface area (TPSA) is 78.5 Å². The minimum absolute atomic E-state index is 0.108. The molecule has 0 unspecified atom stereocenters. The highest BCUT2D eigenvalue weighted by molar-refractivity contribution is 7.86. The summed E-state index contributed by atoms with van der Waals surface area (Å²) in [7, 11) is -0.358. The largest absolute Gasteiger partial charge is 0.384 e. The van der Waals surface area contributed by atoms with Gasteiger partial charge in [0.2, 0.25) is 0 Å². The number of rotatable bonds is 6. The van der Waals surface area contributed by atoms with Crippen LogP contribution < -0.4 is 0 Å². The molecule has 0 atom stereocenters. The highest BCUT2D eigenvalue weighted by atomic mass is 32.2. The molecule has 1 aliphatic rings. The molecule has 138 valence electrons. The molecule has 0 amide bonds. The van der Waals surface area contributed by atoms with Gasteiger partial charge in [0, 0.05) is 33.9 Å². The summed E-state index contributed by atoms with van der Waals surface area (Å²) in [5, 5.41) is 0. The lowest BCUT2D eigenvalue weighted by Crippen LogP contribution is -2.46. The summed E-state index contributed by atoms with van der Waals surface area (Å²) in [5.41, 5.74) is 1.17. The van der Waals surface area contributed by atoms with Crippen molar-refractivity contribution in [1.82, 2.24) is 18.6 Å². The Balaban J connectivity index is 1.67. The smallest absolute Gasteiger partial charge is 0.282 e. The van der Waals surface area contributed by atoms with Crippen molar-refractivity contribution in [3.63, 3.8) is 0 Å². The Labute approximate surface area is 147 Å². The van der Waals surface area contributed by atoms with Crippen LogP contribution in [0.3, 0.4) is 0 Å². The van der Waals surface area contributed by atoms with E-state index >= 15 is 0 Å². The van der Waals surface area contributed by atoms with Gasteiger partial charge in [-0.1, -0.05) is 0 Å². The number of fused-ring (bicyclic) bond motifs is 1. The molecule has 0 bridgehead atoms.